The number of rotatable bonds is 4. The first-order chi connectivity index (χ1) is 7.40. The summed E-state index contributed by atoms with van der Waals surface area (Å²) in [7, 11) is 0. The van der Waals surface area contributed by atoms with Crippen molar-refractivity contribution < 1.29 is 4.84 Å². The van der Waals surface area contributed by atoms with E-state index in [1.54, 1.807) is 0 Å². The highest BCUT2D eigenvalue weighted by Crippen LogP contribution is 2.36. The van der Waals surface area contributed by atoms with Crippen molar-refractivity contribution in [3.05, 3.63) is 41.5 Å². The molecule has 0 bridgehead atoms. The quantitative estimate of drug-likeness (QED) is 0.466. The van der Waals surface area contributed by atoms with E-state index in [4.69, 9.17) is 16.5 Å². The number of hydrogen-bond acceptors (Lipinski definition) is 3. The van der Waals surface area contributed by atoms with Crippen LogP contribution < -0.4 is 11.6 Å². The van der Waals surface area contributed by atoms with Crippen LogP contribution >= 0.6 is 0 Å². The van der Waals surface area contributed by atoms with Gasteiger partial charge in [-0.05, 0) is 32.4 Å². The van der Waals surface area contributed by atoms with Gasteiger partial charge in [-0.2, -0.15) is 0 Å². The Balaban J connectivity index is 3.27. The molecule has 0 fully saturated rings. The van der Waals surface area contributed by atoms with Crippen LogP contribution in [0.1, 0.15) is 31.4 Å². The third kappa shape index (κ3) is 2.43. The number of hydrogen-bond donors (Lipinski definition) is 2. The molecule has 1 aromatic rings. The molecule has 0 saturated carbocycles. The second kappa shape index (κ2) is 4.68. The molecular formula is C13H20N2O. The summed E-state index contributed by atoms with van der Waals surface area (Å²) in [6, 6.07) is 5.78. The minimum Gasteiger partial charge on any atom is -0.398 e. The maximum Gasteiger partial charge on any atom is 0.117 e. The van der Waals surface area contributed by atoms with E-state index in [1.165, 1.54) is 0 Å². The van der Waals surface area contributed by atoms with Gasteiger partial charge in [0.15, 0.2) is 0 Å². The molecule has 4 N–H and O–H groups in total. The van der Waals surface area contributed by atoms with Gasteiger partial charge in [-0.3, -0.25) is 4.84 Å². The van der Waals surface area contributed by atoms with Crippen LogP contribution in [0, 0.1) is 6.92 Å². The van der Waals surface area contributed by atoms with Crippen molar-refractivity contribution in [1.82, 2.24) is 0 Å². The standard InChI is InChI=1S/C13H20N2O/c1-9(2)8-13(4,16-15)12-10(3)6-5-7-11(12)14/h5-7H,1,8,14-15H2,2-4H3. The van der Waals surface area contributed by atoms with Crippen LogP contribution in [0.15, 0.2) is 30.4 Å². The molecule has 0 aliphatic rings. The zero-order valence-corrected chi connectivity index (χ0v) is 10.2. The van der Waals surface area contributed by atoms with Crippen LogP contribution in [0.25, 0.3) is 0 Å². The van der Waals surface area contributed by atoms with Crippen LogP contribution in [0.5, 0.6) is 0 Å². The monoisotopic (exact) mass is 220 g/mol. The summed E-state index contributed by atoms with van der Waals surface area (Å²) >= 11 is 0. The third-order valence-electron chi connectivity index (χ3n) is 2.73. The van der Waals surface area contributed by atoms with Gasteiger partial charge in [0.2, 0.25) is 0 Å². The van der Waals surface area contributed by atoms with Gasteiger partial charge in [0.1, 0.15) is 5.60 Å². The molecule has 3 nitrogen and oxygen atoms in total. The Bertz CT molecular complexity index is 381. The summed E-state index contributed by atoms with van der Waals surface area (Å²) in [6.07, 6.45) is 0.651. The Labute approximate surface area is 97.0 Å². The molecule has 0 spiro atoms. The molecule has 0 aliphatic heterocycles. The summed E-state index contributed by atoms with van der Waals surface area (Å²) in [5.41, 5.74) is 9.12. The number of aryl methyl sites for hydroxylation is 1. The predicted octanol–water partition coefficient (Wildman–Crippen LogP) is 2.65. The highest BCUT2D eigenvalue weighted by Gasteiger charge is 2.30. The highest BCUT2D eigenvalue weighted by molar-refractivity contribution is 5.54. The first-order valence-electron chi connectivity index (χ1n) is 5.28. The molecule has 1 rings (SSSR count). The molecule has 0 heterocycles. The number of anilines is 1. The second-order valence-electron chi connectivity index (χ2n) is 4.52. The van der Waals surface area contributed by atoms with Gasteiger partial charge in [-0.15, -0.1) is 6.58 Å². The summed E-state index contributed by atoms with van der Waals surface area (Å²) in [4.78, 5) is 5.16. The zero-order chi connectivity index (χ0) is 12.3. The van der Waals surface area contributed by atoms with Gasteiger partial charge in [-0.25, -0.2) is 5.90 Å². The van der Waals surface area contributed by atoms with E-state index in [0.717, 1.165) is 16.7 Å². The Kier molecular flexibility index (Phi) is 3.73. The average molecular weight is 220 g/mol. The summed E-state index contributed by atoms with van der Waals surface area (Å²) in [5.74, 6) is 5.43. The van der Waals surface area contributed by atoms with Crippen molar-refractivity contribution in [3.8, 4) is 0 Å². The van der Waals surface area contributed by atoms with Crippen LogP contribution in [-0.4, -0.2) is 0 Å². The van der Waals surface area contributed by atoms with Crippen molar-refractivity contribution in [2.24, 2.45) is 5.90 Å². The van der Waals surface area contributed by atoms with Crippen molar-refractivity contribution in [1.29, 1.82) is 0 Å². The smallest absolute Gasteiger partial charge is 0.117 e. The Morgan fingerprint density at radius 3 is 2.56 bits per heavy atom. The molecule has 0 aliphatic carbocycles. The van der Waals surface area contributed by atoms with Gasteiger partial charge in [-0.1, -0.05) is 17.7 Å². The minimum atomic E-state index is -0.610. The fourth-order valence-corrected chi connectivity index (χ4v) is 2.18. The molecule has 3 heteroatoms. The van der Waals surface area contributed by atoms with Gasteiger partial charge in [0.05, 0.1) is 0 Å². The first-order valence-corrected chi connectivity index (χ1v) is 5.28. The first kappa shape index (κ1) is 12.7. The Hall–Kier alpha value is -1.32. The topological polar surface area (TPSA) is 61.3 Å². The number of nitrogen functional groups attached to an aromatic ring is 1. The van der Waals surface area contributed by atoms with Crippen molar-refractivity contribution >= 4 is 5.69 Å². The maximum absolute atomic E-state index is 5.99. The lowest BCUT2D eigenvalue weighted by molar-refractivity contribution is -0.0381. The normalized spacial score (nSPS) is 14.5. The van der Waals surface area contributed by atoms with Crippen molar-refractivity contribution in [2.45, 2.75) is 32.8 Å². The van der Waals surface area contributed by atoms with E-state index < -0.39 is 5.60 Å². The molecule has 1 aromatic carbocycles. The fourth-order valence-electron chi connectivity index (χ4n) is 2.18. The van der Waals surface area contributed by atoms with E-state index >= 15 is 0 Å². The van der Waals surface area contributed by atoms with Gasteiger partial charge >= 0.3 is 0 Å². The Morgan fingerprint density at radius 2 is 2.12 bits per heavy atom. The lowest BCUT2D eigenvalue weighted by Crippen LogP contribution is -2.31. The molecule has 0 saturated heterocycles. The van der Waals surface area contributed by atoms with Crippen LogP contribution in [0.4, 0.5) is 5.69 Å². The minimum absolute atomic E-state index is 0.610. The summed E-state index contributed by atoms with van der Waals surface area (Å²) in [6.45, 7) is 9.78. The molecule has 1 atom stereocenters. The van der Waals surface area contributed by atoms with E-state index in [9.17, 15) is 0 Å². The largest absolute Gasteiger partial charge is 0.398 e. The molecule has 0 amide bonds. The Morgan fingerprint density at radius 1 is 1.50 bits per heavy atom. The fraction of sp³-hybridized carbons (Fsp3) is 0.385. The second-order valence-corrected chi connectivity index (χ2v) is 4.52. The molecule has 0 aromatic heterocycles. The van der Waals surface area contributed by atoms with Crippen LogP contribution in [0.3, 0.4) is 0 Å². The number of benzene rings is 1. The van der Waals surface area contributed by atoms with E-state index in [1.807, 2.05) is 39.0 Å². The molecule has 1 unspecified atom stereocenters. The lowest BCUT2D eigenvalue weighted by Gasteiger charge is -2.30. The summed E-state index contributed by atoms with van der Waals surface area (Å²) < 4.78 is 0. The number of nitrogens with two attached hydrogens (primary N) is 2. The van der Waals surface area contributed by atoms with E-state index in [0.29, 0.717) is 12.1 Å². The molecule has 88 valence electrons. The van der Waals surface area contributed by atoms with E-state index in [-0.39, 0.29) is 0 Å². The summed E-state index contributed by atoms with van der Waals surface area (Å²) in [5, 5.41) is 0. The lowest BCUT2D eigenvalue weighted by atomic mass is 9.85. The van der Waals surface area contributed by atoms with Crippen molar-refractivity contribution in [2.75, 3.05) is 5.73 Å². The molecule has 16 heavy (non-hydrogen) atoms. The predicted molar refractivity (Wildman–Crippen MR) is 67.6 cm³/mol. The van der Waals surface area contributed by atoms with E-state index in [2.05, 4.69) is 6.58 Å². The zero-order valence-electron chi connectivity index (χ0n) is 10.2. The highest BCUT2D eigenvalue weighted by atomic mass is 16.6. The maximum atomic E-state index is 5.99. The van der Waals surface area contributed by atoms with Crippen LogP contribution in [-0.2, 0) is 10.4 Å². The third-order valence-corrected chi connectivity index (χ3v) is 2.73. The van der Waals surface area contributed by atoms with Gasteiger partial charge in [0, 0.05) is 17.7 Å². The van der Waals surface area contributed by atoms with Crippen molar-refractivity contribution in [3.63, 3.8) is 0 Å². The van der Waals surface area contributed by atoms with Gasteiger partial charge in [0.25, 0.3) is 0 Å². The molecule has 0 radical (unpaired) electrons. The van der Waals surface area contributed by atoms with Crippen LogP contribution in [0.2, 0.25) is 0 Å². The SMILES string of the molecule is C=C(C)CC(C)(ON)c1c(C)cccc1N. The van der Waals surface area contributed by atoms with Gasteiger partial charge < -0.3 is 5.73 Å². The molecular weight excluding hydrogens is 200 g/mol. The average Bonchev–Trinajstić information content (AvgIpc) is 2.16.